The van der Waals surface area contributed by atoms with Crippen molar-refractivity contribution in [2.24, 2.45) is 0 Å². The molecule has 1 atom stereocenters. The normalized spacial score (nSPS) is 18.0. The number of hydrogen-bond donors (Lipinski definition) is 1. The maximum Gasteiger partial charge on any atom is 0.243 e. The zero-order valence-corrected chi connectivity index (χ0v) is 14.4. The van der Waals surface area contributed by atoms with E-state index in [1.165, 1.54) is 29.7 Å². The summed E-state index contributed by atoms with van der Waals surface area (Å²) in [5.74, 6) is 0.221. The number of nitrogens with one attached hydrogen (secondary N) is 1. The van der Waals surface area contributed by atoms with Gasteiger partial charge in [-0.05, 0) is 30.7 Å². The topological polar surface area (TPSA) is 101 Å². The van der Waals surface area contributed by atoms with Crippen molar-refractivity contribution in [1.82, 2.24) is 14.3 Å². The molecule has 2 aromatic rings. The zero-order chi connectivity index (χ0) is 17.9. The van der Waals surface area contributed by atoms with Crippen LogP contribution in [-0.4, -0.2) is 47.8 Å². The molecule has 0 aliphatic carbocycles. The Kier molecular flexibility index (Phi) is 4.95. The molecule has 1 aromatic carbocycles. The first-order valence-corrected chi connectivity index (χ1v) is 9.19. The highest BCUT2D eigenvalue weighted by molar-refractivity contribution is 7.89. The van der Waals surface area contributed by atoms with Gasteiger partial charge in [0, 0.05) is 31.4 Å². The summed E-state index contributed by atoms with van der Waals surface area (Å²) in [6, 6.07) is 7.74. The first-order valence-electron chi connectivity index (χ1n) is 7.75. The van der Waals surface area contributed by atoms with Crippen molar-refractivity contribution in [2.45, 2.75) is 24.3 Å². The van der Waals surface area contributed by atoms with Crippen LogP contribution in [0.25, 0.3) is 0 Å². The summed E-state index contributed by atoms with van der Waals surface area (Å²) in [6.07, 6.45) is 3.30. The van der Waals surface area contributed by atoms with E-state index in [2.05, 4.69) is 15.3 Å². The number of ether oxygens (including phenoxy) is 1. The minimum atomic E-state index is -3.60. The molecule has 9 heteroatoms. The van der Waals surface area contributed by atoms with Crippen LogP contribution in [0.5, 0.6) is 5.88 Å². The molecule has 1 saturated heterocycles. The number of rotatable bonds is 5. The Balaban J connectivity index is 1.67. The van der Waals surface area contributed by atoms with E-state index in [1.807, 2.05) is 0 Å². The second-order valence-electron chi connectivity index (χ2n) is 5.64. The third kappa shape index (κ3) is 4.12. The average Bonchev–Trinajstić information content (AvgIpc) is 3.05. The van der Waals surface area contributed by atoms with Crippen LogP contribution in [0, 0.1) is 0 Å². The molecule has 1 amide bonds. The molecule has 1 unspecified atom stereocenters. The molecular weight excluding hydrogens is 344 g/mol. The number of hydrogen-bond acceptors (Lipinski definition) is 6. The second kappa shape index (κ2) is 7.16. The number of carbonyl (C=O) groups is 1. The van der Waals surface area contributed by atoms with E-state index in [9.17, 15) is 13.2 Å². The molecular formula is C16H18N4O4S. The van der Waals surface area contributed by atoms with Crippen LogP contribution in [0.4, 0.5) is 5.69 Å². The predicted molar refractivity (Wildman–Crippen MR) is 90.6 cm³/mol. The summed E-state index contributed by atoms with van der Waals surface area (Å²) in [5.41, 5.74) is 0.554. The van der Waals surface area contributed by atoms with Crippen molar-refractivity contribution in [3.63, 3.8) is 0 Å². The number of amides is 1. The number of anilines is 1. The van der Waals surface area contributed by atoms with Gasteiger partial charge in [0.05, 0.1) is 11.4 Å². The van der Waals surface area contributed by atoms with E-state index < -0.39 is 10.0 Å². The minimum absolute atomic E-state index is 0.185. The Morgan fingerprint density at radius 1 is 1.28 bits per heavy atom. The fourth-order valence-electron chi connectivity index (χ4n) is 2.59. The highest BCUT2D eigenvalue weighted by Gasteiger charge is 2.33. The van der Waals surface area contributed by atoms with Gasteiger partial charge in [-0.3, -0.25) is 4.79 Å². The minimum Gasteiger partial charge on any atom is -0.473 e. The number of carbonyl (C=O) groups excluding carboxylic acids is 1. The lowest BCUT2D eigenvalue weighted by atomic mass is 10.3. The van der Waals surface area contributed by atoms with Crippen LogP contribution in [-0.2, 0) is 14.8 Å². The molecule has 2 heterocycles. The molecule has 1 aliphatic rings. The first-order chi connectivity index (χ1) is 11.9. The van der Waals surface area contributed by atoms with Crippen molar-refractivity contribution in [1.29, 1.82) is 0 Å². The lowest BCUT2D eigenvalue weighted by Gasteiger charge is -2.17. The average molecular weight is 362 g/mol. The van der Waals surface area contributed by atoms with Gasteiger partial charge >= 0.3 is 0 Å². The molecule has 25 heavy (non-hydrogen) atoms. The van der Waals surface area contributed by atoms with Crippen LogP contribution in [0.2, 0.25) is 0 Å². The summed E-state index contributed by atoms with van der Waals surface area (Å²) in [7, 11) is -3.60. The second-order valence-corrected chi connectivity index (χ2v) is 7.58. The van der Waals surface area contributed by atoms with Crippen molar-refractivity contribution >= 4 is 21.6 Å². The summed E-state index contributed by atoms with van der Waals surface area (Å²) in [4.78, 5) is 19.0. The highest BCUT2D eigenvalue weighted by atomic mass is 32.2. The third-order valence-electron chi connectivity index (χ3n) is 3.76. The van der Waals surface area contributed by atoms with E-state index in [1.54, 1.807) is 24.4 Å². The molecule has 1 N–H and O–H groups in total. The van der Waals surface area contributed by atoms with Gasteiger partial charge in [0.15, 0.2) is 0 Å². The molecule has 0 spiro atoms. The molecule has 1 fully saturated rings. The fourth-order valence-corrected chi connectivity index (χ4v) is 4.08. The molecule has 1 aromatic heterocycles. The van der Waals surface area contributed by atoms with E-state index in [0.717, 1.165) is 0 Å². The molecule has 0 saturated carbocycles. The predicted octanol–water partition coefficient (Wildman–Crippen LogP) is 1.28. The van der Waals surface area contributed by atoms with Crippen LogP contribution < -0.4 is 10.1 Å². The molecule has 0 bridgehead atoms. The summed E-state index contributed by atoms with van der Waals surface area (Å²) in [5, 5.41) is 2.61. The van der Waals surface area contributed by atoms with Gasteiger partial charge in [0.25, 0.3) is 0 Å². The van der Waals surface area contributed by atoms with Crippen molar-refractivity contribution in [3.05, 3.63) is 42.9 Å². The highest BCUT2D eigenvalue weighted by Crippen LogP contribution is 2.24. The largest absolute Gasteiger partial charge is 0.473 e. The SMILES string of the molecule is CC(=O)Nc1ccc(S(=O)(=O)N2CCC(Oc3ccncn3)C2)cc1. The zero-order valence-electron chi connectivity index (χ0n) is 13.6. The van der Waals surface area contributed by atoms with Crippen LogP contribution in [0.3, 0.4) is 0 Å². The Morgan fingerprint density at radius 3 is 2.68 bits per heavy atom. The van der Waals surface area contributed by atoms with Gasteiger partial charge in [0.1, 0.15) is 12.4 Å². The number of nitrogens with zero attached hydrogens (tertiary/aromatic N) is 3. The Hall–Kier alpha value is -2.52. The van der Waals surface area contributed by atoms with Gasteiger partial charge < -0.3 is 10.1 Å². The first kappa shape index (κ1) is 17.3. The lowest BCUT2D eigenvalue weighted by molar-refractivity contribution is -0.114. The third-order valence-corrected chi connectivity index (χ3v) is 5.64. The van der Waals surface area contributed by atoms with E-state index in [4.69, 9.17) is 4.74 Å². The van der Waals surface area contributed by atoms with Gasteiger partial charge in [-0.2, -0.15) is 4.31 Å². The van der Waals surface area contributed by atoms with E-state index in [-0.39, 0.29) is 23.5 Å². The number of benzene rings is 1. The molecule has 3 rings (SSSR count). The van der Waals surface area contributed by atoms with E-state index >= 15 is 0 Å². The van der Waals surface area contributed by atoms with Gasteiger partial charge in [-0.15, -0.1) is 0 Å². The van der Waals surface area contributed by atoms with E-state index in [0.29, 0.717) is 24.5 Å². The Labute approximate surface area is 145 Å². The van der Waals surface area contributed by atoms with Crippen LogP contribution in [0.15, 0.2) is 47.8 Å². The monoisotopic (exact) mass is 362 g/mol. The van der Waals surface area contributed by atoms with Crippen molar-refractivity contribution < 1.29 is 17.9 Å². The van der Waals surface area contributed by atoms with Crippen LogP contribution >= 0.6 is 0 Å². The fraction of sp³-hybridized carbons (Fsp3) is 0.312. The smallest absolute Gasteiger partial charge is 0.243 e. The molecule has 0 radical (unpaired) electrons. The van der Waals surface area contributed by atoms with Gasteiger partial charge in [-0.1, -0.05) is 0 Å². The molecule has 132 valence electrons. The van der Waals surface area contributed by atoms with Gasteiger partial charge in [0.2, 0.25) is 21.8 Å². The quantitative estimate of drug-likeness (QED) is 0.860. The van der Waals surface area contributed by atoms with Crippen LogP contribution in [0.1, 0.15) is 13.3 Å². The maximum absolute atomic E-state index is 12.7. The number of aromatic nitrogens is 2. The Morgan fingerprint density at radius 2 is 2.04 bits per heavy atom. The summed E-state index contributed by atoms with van der Waals surface area (Å²) < 4.78 is 32.5. The van der Waals surface area contributed by atoms with Crippen molar-refractivity contribution in [2.75, 3.05) is 18.4 Å². The summed E-state index contributed by atoms with van der Waals surface area (Å²) in [6.45, 7) is 2.04. The maximum atomic E-state index is 12.7. The lowest BCUT2D eigenvalue weighted by Crippen LogP contribution is -2.31. The molecule has 1 aliphatic heterocycles. The molecule has 8 nitrogen and oxygen atoms in total. The summed E-state index contributed by atoms with van der Waals surface area (Å²) >= 11 is 0. The van der Waals surface area contributed by atoms with Crippen molar-refractivity contribution in [3.8, 4) is 5.88 Å². The Bertz CT molecular complexity index is 840. The number of sulfonamides is 1. The standard InChI is InChI=1S/C16H18N4O4S/c1-12(21)19-13-2-4-15(5-3-13)25(22,23)20-9-7-14(10-20)24-16-6-8-17-11-18-16/h2-6,8,11,14H,7,9-10H2,1H3,(H,19,21). The van der Waals surface area contributed by atoms with Gasteiger partial charge in [-0.25, -0.2) is 18.4 Å².